The van der Waals surface area contributed by atoms with Crippen LogP contribution in [0.15, 0.2) is 18.6 Å². The largest absolute Gasteiger partial charge is 0.314 e. The fourth-order valence-electron chi connectivity index (χ4n) is 2.35. The molecule has 0 radical (unpaired) electrons. The SMILES string of the molecule is Cc1nn(-c2cnccn2)c(C)c1CCNC1CC1. The lowest BCUT2D eigenvalue weighted by molar-refractivity contribution is 0.679. The van der Waals surface area contributed by atoms with Crippen molar-refractivity contribution in [2.45, 2.75) is 39.2 Å². The summed E-state index contributed by atoms with van der Waals surface area (Å²) in [5.41, 5.74) is 3.56. The second kappa shape index (κ2) is 5.09. The van der Waals surface area contributed by atoms with E-state index in [0.717, 1.165) is 36.2 Å². The number of hydrogen-bond donors (Lipinski definition) is 1. The van der Waals surface area contributed by atoms with Gasteiger partial charge in [-0.3, -0.25) is 4.98 Å². The molecule has 2 aromatic heterocycles. The van der Waals surface area contributed by atoms with Gasteiger partial charge in [0.2, 0.25) is 0 Å². The molecule has 3 rings (SSSR count). The lowest BCUT2D eigenvalue weighted by Crippen LogP contribution is -2.19. The molecule has 5 nitrogen and oxygen atoms in total. The van der Waals surface area contributed by atoms with Crippen LogP contribution in [0.1, 0.15) is 29.8 Å². The molecule has 0 unspecified atom stereocenters. The number of rotatable bonds is 5. The highest BCUT2D eigenvalue weighted by atomic mass is 15.3. The Kier molecular flexibility index (Phi) is 3.29. The Balaban J connectivity index is 1.79. The quantitative estimate of drug-likeness (QED) is 0.883. The molecule has 1 N–H and O–H groups in total. The topological polar surface area (TPSA) is 55.6 Å². The second-order valence-corrected chi connectivity index (χ2v) is 5.10. The molecule has 1 aliphatic rings. The lowest BCUT2D eigenvalue weighted by atomic mass is 10.1. The van der Waals surface area contributed by atoms with Gasteiger partial charge >= 0.3 is 0 Å². The van der Waals surface area contributed by atoms with Gasteiger partial charge in [-0.15, -0.1) is 0 Å². The van der Waals surface area contributed by atoms with Gasteiger partial charge in [-0.05, 0) is 45.2 Å². The van der Waals surface area contributed by atoms with E-state index in [1.165, 1.54) is 18.4 Å². The molecular weight excluding hydrogens is 238 g/mol. The normalized spacial score (nSPS) is 14.8. The van der Waals surface area contributed by atoms with E-state index in [1.807, 2.05) is 4.68 Å². The minimum absolute atomic E-state index is 0.760. The summed E-state index contributed by atoms with van der Waals surface area (Å²) >= 11 is 0. The monoisotopic (exact) mass is 257 g/mol. The number of aromatic nitrogens is 4. The highest BCUT2D eigenvalue weighted by Gasteiger charge is 2.20. The van der Waals surface area contributed by atoms with Gasteiger partial charge in [0.1, 0.15) is 0 Å². The molecule has 19 heavy (non-hydrogen) atoms. The van der Waals surface area contributed by atoms with Crippen LogP contribution >= 0.6 is 0 Å². The first kappa shape index (κ1) is 12.3. The third-order valence-corrected chi connectivity index (χ3v) is 3.59. The van der Waals surface area contributed by atoms with Crippen molar-refractivity contribution in [1.82, 2.24) is 25.1 Å². The summed E-state index contributed by atoms with van der Waals surface area (Å²) < 4.78 is 1.88. The predicted molar refractivity (Wildman–Crippen MR) is 73.4 cm³/mol. The van der Waals surface area contributed by atoms with E-state index in [4.69, 9.17) is 0 Å². The Morgan fingerprint density at radius 2 is 2.16 bits per heavy atom. The third kappa shape index (κ3) is 2.66. The van der Waals surface area contributed by atoms with Crippen LogP contribution in [0.25, 0.3) is 5.82 Å². The van der Waals surface area contributed by atoms with Crippen molar-refractivity contribution >= 4 is 0 Å². The first-order valence-electron chi connectivity index (χ1n) is 6.80. The maximum absolute atomic E-state index is 4.58. The van der Waals surface area contributed by atoms with E-state index in [0.29, 0.717) is 0 Å². The molecule has 1 fully saturated rings. The highest BCUT2D eigenvalue weighted by molar-refractivity contribution is 5.31. The number of aryl methyl sites for hydroxylation is 1. The van der Waals surface area contributed by atoms with E-state index >= 15 is 0 Å². The molecule has 1 aliphatic carbocycles. The smallest absolute Gasteiger partial charge is 0.172 e. The van der Waals surface area contributed by atoms with Crippen LogP contribution < -0.4 is 5.32 Å². The van der Waals surface area contributed by atoms with E-state index in [9.17, 15) is 0 Å². The zero-order valence-corrected chi connectivity index (χ0v) is 11.4. The molecule has 2 aromatic rings. The maximum atomic E-state index is 4.58. The zero-order valence-electron chi connectivity index (χ0n) is 11.4. The van der Waals surface area contributed by atoms with Gasteiger partial charge in [0.25, 0.3) is 0 Å². The zero-order chi connectivity index (χ0) is 13.2. The first-order valence-corrected chi connectivity index (χ1v) is 6.80. The van der Waals surface area contributed by atoms with Crippen LogP contribution in [0.3, 0.4) is 0 Å². The standard InChI is InChI=1S/C14H19N5/c1-10-13(5-6-16-12-3-4-12)11(2)19(18-10)14-9-15-7-8-17-14/h7-9,12,16H,3-6H2,1-2H3. The minimum atomic E-state index is 0.760. The average molecular weight is 257 g/mol. The Morgan fingerprint density at radius 1 is 1.32 bits per heavy atom. The van der Waals surface area contributed by atoms with E-state index < -0.39 is 0 Å². The minimum Gasteiger partial charge on any atom is -0.314 e. The molecule has 0 atom stereocenters. The van der Waals surface area contributed by atoms with Crippen molar-refractivity contribution in [3.05, 3.63) is 35.5 Å². The molecule has 100 valence electrons. The molecule has 0 aromatic carbocycles. The predicted octanol–water partition coefficient (Wildman–Crippen LogP) is 1.57. The van der Waals surface area contributed by atoms with E-state index in [-0.39, 0.29) is 0 Å². The van der Waals surface area contributed by atoms with Crippen molar-refractivity contribution in [3.63, 3.8) is 0 Å². The number of hydrogen-bond acceptors (Lipinski definition) is 4. The highest BCUT2D eigenvalue weighted by Crippen LogP contribution is 2.20. The fourth-order valence-corrected chi connectivity index (χ4v) is 2.35. The van der Waals surface area contributed by atoms with Gasteiger partial charge in [-0.1, -0.05) is 0 Å². The van der Waals surface area contributed by atoms with Crippen LogP contribution in [-0.2, 0) is 6.42 Å². The molecule has 5 heteroatoms. The average Bonchev–Trinajstić information content (AvgIpc) is 3.20. The van der Waals surface area contributed by atoms with Crippen LogP contribution in [-0.4, -0.2) is 32.3 Å². The summed E-state index contributed by atoms with van der Waals surface area (Å²) in [6.07, 6.45) is 8.80. The van der Waals surface area contributed by atoms with Crippen LogP contribution in [0.5, 0.6) is 0 Å². The van der Waals surface area contributed by atoms with E-state index in [1.54, 1.807) is 18.6 Å². The van der Waals surface area contributed by atoms with Gasteiger partial charge in [0, 0.05) is 24.1 Å². The molecule has 0 aliphatic heterocycles. The molecule has 2 heterocycles. The Hall–Kier alpha value is -1.75. The second-order valence-electron chi connectivity index (χ2n) is 5.10. The molecule has 0 amide bonds. The molecule has 1 saturated carbocycles. The van der Waals surface area contributed by atoms with E-state index in [2.05, 4.69) is 34.2 Å². The third-order valence-electron chi connectivity index (χ3n) is 3.59. The first-order chi connectivity index (χ1) is 9.25. The van der Waals surface area contributed by atoms with Gasteiger partial charge in [-0.25, -0.2) is 9.67 Å². The van der Waals surface area contributed by atoms with Gasteiger partial charge in [0.05, 0.1) is 11.9 Å². The van der Waals surface area contributed by atoms with Gasteiger partial charge in [0.15, 0.2) is 5.82 Å². The Bertz CT molecular complexity index is 557. The van der Waals surface area contributed by atoms with Crippen LogP contribution in [0, 0.1) is 13.8 Å². The van der Waals surface area contributed by atoms with Crippen LogP contribution in [0.2, 0.25) is 0 Å². The van der Waals surface area contributed by atoms with Crippen molar-refractivity contribution in [2.24, 2.45) is 0 Å². The Morgan fingerprint density at radius 3 is 2.84 bits per heavy atom. The van der Waals surface area contributed by atoms with Gasteiger partial charge in [-0.2, -0.15) is 5.10 Å². The summed E-state index contributed by atoms with van der Waals surface area (Å²) in [4.78, 5) is 8.40. The fraction of sp³-hybridized carbons (Fsp3) is 0.500. The molecular formula is C14H19N5. The summed E-state index contributed by atoms with van der Waals surface area (Å²) in [6.45, 7) is 5.19. The maximum Gasteiger partial charge on any atom is 0.172 e. The number of nitrogens with zero attached hydrogens (tertiary/aromatic N) is 4. The van der Waals surface area contributed by atoms with Crippen molar-refractivity contribution in [3.8, 4) is 5.82 Å². The molecule has 0 spiro atoms. The summed E-state index contributed by atoms with van der Waals surface area (Å²) in [6, 6.07) is 0.760. The van der Waals surface area contributed by atoms with Crippen molar-refractivity contribution in [2.75, 3.05) is 6.54 Å². The summed E-state index contributed by atoms with van der Waals surface area (Å²) in [5.74, 6) is 0.782. The van der Waals surface area contributed by atoms with Crippen LogP contribution in [0.4, 0.5) is 0 Å². The van der Waals surface area contributed by atoms with Crippen molar-refractivity contribution < 1.29 is 0 Å². The van der Waals surface area contributed by atoms with Crippen molar-refractivity contribution in [1.29, 1.82) is 0 Å². The Labute approximate surface area is 113 Å². The molecule has 0 bridgehead atoms. The summed E-state index contributed by atoms with van der Waals surface area (Å²) in [7, 11) is 0. The summed E-state index contributed by atoms with van der Waals surface area (Å²) in [5, 5.41) is 8.12. The number of nitrogens with one attached hydrogen (secondary N) is 1. The van der Waals surface area contributed by atoms with Gasteiger partial charge < -0.3 is 5.32 Å². The molecule has 0 saturated heterocycles. The lowest BCUT2D eigenvalue weighted by Gasteiger charge is -2.05.